The smallest absolute Gasteiger partial charge is 0.220 e. The minimum absolute atomic E-state index is 0.0356. The molecule has 150 valence electrons. The summed E-state index contributed by atoms with van der Waals surface area (Å²) in [6.45, 7) is 5.67. The lowest BCUT2D eigenvalue weighted by Gasteiger charge is -2.07. The first-order chi connectivity index (χ1) is 12.3. The third kappa shape index (κ3) is 21.3. The van der Waals surface area contributed by atoms with E-state index in [1.165, 1.54) is 38.5 Å². The molecule has 0 aliphatic rings. The van der Waals surface area contributed by atoms with E-state index in [2.05, 4.69) is 12.2 Å². The molecule has 0 aromatic rings. The molecule has 0 unspecified atom stereocenters. The average molecular weight is 362 g/mol. The summed E-state index contributed by atoms with van der Waals surface area (Å²) in [5.41, 5.74) is 0. The number of hydrogen-bond donors (Lipinski definition) is 2. The van der Waals surface area contributed by atoms with Crippen molar-refractivity contribution < 1.29 is 24.1 Å². The summed E-state index contributed by atoms with van der Waals surface area (Å²) in [5.74, 6) is 0.117. The summed E-state index contributed by atoms with van der Waals surface area (Å²) in [6, 6.07) is 0. The van der Waals surface area contributed by atoms with Gasteiger partial charge in [0.25, 0.3) is 0 Å². The molecule has 0 radical (unpaired) electrons. The van der Waals surface area contributed by atoms with E-state index in [0.717, 1.165) is 12.8 Å². The summed E-state index contributed by atoms with van der Waals surface area (Å²) in [7, 11) is 0. The first-order valence-corrected chi connectivity index (χ1v) is 9.92. The van der Waals surface area contributed by atoms with Gasteiger partial charge in [0.2, 0.25) is 5.91 Å². The molecule has 0 spiro atoms. The maximum atomic E-state index is 11.7. The van der Waals surface area contributed by atoms with Crippen LogP contribution in [0.15, 0.2) is 0 Å². The highest BCUT2D eigenvalue weighted by molar-refractivity contribution is 5.75. The van der Waals surface area contributed by atoms with Gasteiger partial charge in [-0.2, -0.15) is 0 Å². The van der Waals surface area contributed by atoms with Gasteiger partial charge in [0, 0.05) is 13.0 Å². The number of rotatable bonds is 20. The highest BCUT2D eigenvalue weighted by Gasteiger charge is 2.00. The second kappa shape index (κ2) is 21.4. The lowest BCUT2D eigenvalue weighted by molar-refractivity contribution is -0.121. The molecule has 0 aliphatic heterocycles. The standard InChI is InChI=1S/C19H39NO5/c1-2-3-4-5-6-7-8-9-10-19(22)20-11-13-23-15-17-25-18-16-24-14-12-21/h21H,2-18H2,1H3,(H,20,22). The van der Waals surface area contributed by atoms with E-state index in [-0.39, 0.29) is 12.5 Å². The predicted octanol–water partition coefficient (Wildman–Crippen LogP) is 2.68. The van der Waals surface area contributed by atoms with Gasteiger partial charge in [-0.25, -0.2) is 0 Å². The van der Waals surface area contributed by atoms with Gasteiger partial charge in [-0.3, -0.25) is 4.79 Å². The van der Waals surface area contributed by atoms with Gasteiger partial charge >= 0.3 is 0 Å². The third-order valence-corrected chi connectivity index (χ3v) is 3.81. The SMILES string of the molecule is CCCCCCCCCCC(=O)NCCOCCOCCOCCO. The highest BCUT2D eigenvalue weighted by atomic mass is 16.5. The second-order valence-corrected chi connectivity index (χ2v) is 6.14. The summed E-state index contributed by atoms with van der Waals surface area (Å²) in [5, 5.41) is 11.4. The lowest BCUT2D eigenvalue weighted by atomic mass is 10.1. The number of amides is 1. The topological polar surface area (TPSA) is 77.0 Å². The Hall–Kier alpha value is -0.690. The van der Waals surface area contributed by atoms with Crippen molar-refractivity contribution in [1.82, 2.24) is 5.32 Å². The first-order valence-electron chi connectivity index (χ1n) is 9.92. The number of nitrogens with one attached hydrogen (secondary N) is 1. The van der Waals surface area contributed by atoms with Crippen LogP contribution in [-0.4, -0.2) is 63.8 Å². The highest BCUT2D eigenvalue weighted by Crippen LogP contribution is 2.09. The van der Waals surface area contributed by atoms with Crippen molar-refractivity contribution in [2.75, 3.05) is 52.8 Å². The van der Waals surface area contributed by atoms with Gasteiger partial charge < -0.3 is 24.6 Å². The maximum Gasteiger partial charge on any atom is 0.220 e. The number of aliphatic hydroxyl groups excluding tert-OH is 1. The van der Waals surface area contributed by atoms with Crippen LogP contribution in [0.1, 0.15) is 64.7 Å². The Bertz CT molecular complexity index is 277. The molecule has 0 aliphatic carbocycles. The zero-order valence-electron chi connectivity index (χ0n) is 16.1. The van der Waals surface area contributed by atoms with Crippen LogP contribution >= 0.6 is 0 Å². The quantitative estimate of drug-likeness (QED) is 0.326. The molecule has 0 aromatic carbocycles. The van der Waals surface area contributed by atoms with Crippen molar-refractivity contribution in [3.63, 3.8) is 0 Å². The maximum absolute atomic E-state index is 11.7. The first kappa shape index (κ1) is 24.3. The van der Waals surface area contributed by atoms with Crippen molar-refractivity contribution in [3.05, 3.63) is 0 Å². The number of aliphatic hydroxyl groups is 1. The van der Waals surface area contributed by atoms with Crippen molar-refractivity contribution in [1.29, 1.82) is 0 Å². The minimum atomic E-state index is 0.0356. The molecule has 0 aromatic heterocycles. The van der Waals surface area contributed by atoms with Crippen LogP contribution in [0.4, 0.5) is 0 Å². The molecule has 0 rings (SSSR count). The fourth-order valence-electron chi connectivity index (χ4n) is 2.38. The predicted molar refractivity (Wildman–Crippen MR) is 99.8 cm³/mol. The molecule has 0 saturated heterocycles. The Morgan fingerprint density at radius 3 is 1.88 bits per heavy atom. The van der Waals surface area contributed by atoms with Crippen LogP contribution in [0.2, 0.25) is 0 Å². The van der Waals surface area contributed by atoms with Gasteiger partial charge in [-0.05, 0) is 6.42 Å². The van der Waals surface area contributed by atoms with Crippen LogP contribution in [0.5, 0.6) is 0 Å². The lowest BCUT2D eigenvalue weighted by Crippen LogP contribution is -2.27. The Morgan fingerprint density at radius 1 is 0.760 bits per heavy atom. The summed E-state index contributed by atoms with van der Waals surface area (Å²) < 4.78 is 15.7. The third-order valence-electron chi connectivity index (χ3n) is 3.81. The van der Waals surface area contributed by atoms with E-state index in [1.807, 2.05) is 0 Å². The zero-order chi connectivity index (χ0) is 18.4. The fraction of sp³-hybridized carbons (Fsp3) is 0.947. The largest absolute Gasteiger partial charge is 0.394 e. The molecular weight excluding hydrogens is 322 g/mol. The molecule has 6 nitrogen and oxygen atoms in total. The van der Waals surface area contributed by atoms with Crippen LogP contribution in [0.25, 0.3) is 0 Å². The van der Waals surface area contributed by atoms with E-state index in [1.54, 1.807) is 0 Å². The van der Waals surface area contributed by atoms with Crippen LogP contribution in [-0.2, 0) is 19.0 Å². The van der Waals surface area contributed by atoms with E-state index >= 15 is 0 Å². The Kier molecular flexibility index (Phi) is 20.8. The van der Waals surface area contributed by atoms with Gasteiger partial charge in [0.05, 0.1) is 46.2 Å². The number of carbonyl (C=O) groups is 1. The van der Waals surface area contributed by atoms with E-state index in [4.69, 9.17) is 19.3 Å². The number of carbonyl (C=O) groups excluding carboxylic acids is 1. The second-order valence-electron chi connectivity index (χ2n) is 6.14. The molecule has 0 fully saturated rings. The molecule has 25 heavy (non-hydrogen) atoms. The molecule has 2 N–H and O–H groups in total. The minimum Gasteiger partial charge on any atom is -0.394 e. The zero-order valence-corrected chi connectivity index (χ0v) is 16.1. The Balaban J connectivity index is 3.13. The number of unbranched alkanes of at least 4 members (excludes halogenated alkanes) is 7. The van der Waals surface area contributed by atoms with Gasteiger partial charge in [0.1, 0.15) is 0 Å². The normalized spacial score (nSPS) is 11.0. The van der Waals surface area contributed by atoms with Gasteiger partial charge in [0.15, 0.2) is 0 Å². The Morgan fingerprint density at radius 2 is 1.28 bits per heavy atom. The Labute approximate surface area is 153 Å². The van der Waals surface area contributed by atoms with E-state index in [0.29, 0.717) is 52.6 Å². The average Bonchev–Trinajstić information content (AvgIpc) is 2.62. The summed E-state index contributed by atoms with van der Waals surface area (Å²) in [4.78, 5) is 11.7. The van der Waals surface area contributed by atoms with Crippen molar-refractivity contribution in [3.8, 4) is 0 Å². The summed E-state index contributed by atoms with van der Waals surface area (Å²) in [6.07, 6.45) is 10.6. The molecule has 0 atom stereocenters. The molecule has 6 heteroatoms. The fourth-order valence-corrected chi connectivity index (χ4v) is 2.38. The van der Waals surface area contributed by atoms with Gasteiger partial charge in [-0.15, -0.1) is 0 Å². The van der Waals surface area contributed by atoms with Crippen molar-refractivity contribution in [2.45, 2.75) is 64.7 Å². The molecule has 1 amide bonds. The van der Waals surface area contributed by atoms with Gasteiger partial charge in [-0.1, -0.05) is 51.9 Å². The van der Waals surface area contributed by atoms with E-state index in [9.17, 15) is 4.79 Å². The number of ether oxygens (including phenoxy) is 3. The summed E-state index contributed by atoms with van der Waals surface area (Å²) >= 11 is 0. The molecule has 0 heterocycles. The van der Waals surface area contributed by atoms with Crippen LogP contribution in [0.3, 0.4) is 0 Å². The van der Waals surface area contributed by atoms with E-state index < -0.39 is 0 Å². The van der Waals surface area contributed by atoms with Crippen molar-refractivity contribution >= 4 is 5.91 Å². The van der Waals surface area contributed by atoms with Crippen LogP contribution in [0, 0.1) is 0 Å². The molecule has 0 bridgehead atoms. The molecule has 0 saturated carbocycles. The van der Waals surface area contributed by atoms with Crippen LogP contribution < -0.4 is 5.32 Å². The molecular formula is C19H39NO5. The monoisotopic (exact) mass is 361 g/mol. The number of hydrogen-bond acceptors (Lipinski definition) is 5. The van der Waals surface area contributed by atoms with Crippen molar-refractivity contribution in [2.24, 2.45) is 0 Å².